The second-order valence-electron chi connectivity index (χ2n) is 6.10. The zero-order valence-corrected chi connectivity index (χ0v) is 13.7. The molecule has 1 aromatic carbocycles. The summed E-state index contributed by atoms with van der Waals surface area (Å²) in [6.07, 6.45) is 0. The smallest absolute Gasteiger partial charge is 0.275 e. The molecule has 2 N–H and O–H groups in total. The zero-order valence-electron chi connectivity index (χ0n) is 12.9. The van der Waals surface area contributed by atoms with Gasteiger partial charge in [-0.3, -0.25) is 4.79 Å². The Morgan fingerprint density at radius 2 is 1.86 bits per heavy atom. The highest BCUT2D eigenvalue weighted by Gasteiger charge is 2.13. The van der Waals surface area contributed by atoms with Crippen LogP contribution in [0.25, 0.3) is 0 Å². The monoisotopic (exact) mass is 303 g/mol. The average Bonchev–Trinajstić information content (AvgIpc) is 2.40. The fourth-order valence-electron chi connectivity index (χ4n) is 1.91. The van der Waals surface area contributed by atoms with E-state index in [9.17, 15) is 4.79 Å². The molecular weight excluding hydrogens is 282 g/mol. The van der Waals surface area contributed by atoms with Gasteiger partial charge in [0.2, 0.25) is 0 Å². The summed E-state index contributed by atoms with van der Waals surface area (Å²) in [6.45, 7) is 6.59. The highest BCUT2D eigenvalue weighted by Crippen LogP contribution is 2.25. The lowest BCUT2D eigenvalue weighted by atomic mass is 9.87. The largest absolute Gasteiger partial charge is 0.385 e. The molecule has 21 heavy (non-hydrogen) atoms. The molecule has 5 heteroatoms. The van der Waals surface area contributed by atoms with Crippen LogP contribution in [0.1, 0.15) is 31.9 Å². The van der Waals surface area contributed by atoms with E-state index in [0.29, 0.717) is 11.0 Å². The van der Waals surface area contributed by atoms with E-state index in [1.807, 2.05) is 7.05 Å². The van der Waals surface area contributed by atoms with Crippen molar-refractivity contribution in [2.75, 3.05) is 5.73 Å². The number of benzene rings is 1. The van der Waals surface area contributed by atoms with Crippen molar-refractivity contribution < 1.29 is 0 Å². The number of anilines is 1. The topological polar surface area (TPSA) is 60.9 Å². The lowest BCUT2D eigenvalue weighted by molar-refractivity contribution is 0.590. The van der Waals surface area contributed by atoms with Crippen LogP contribution in [-0.4, -0.2) is 9.55 Å². The summed E-state index contributed by atoms with van der Waals surface area (Å²) >= 11 is 1.51. The molecule has 0 fully saturated rings. The molecule has 0 spiro atoms. The van der Waals surface area contributed by atoms with Gasteiger partial charge in [0.25, 0.3) is 5.56 Å². The minimum absolute atomic E-state index is 0.158. The van der Waals surface area contributed by atoms with Gasteiger partial charge in [-0.2, -0.15) is 4.98 Å². The van der Waals surface area contributed by atoms with Crippen molar-refractivity contribution in [3.8, 4) is 0 Å². The summed E-state index contributed by atoms with van der Waals surface area (Å²) < 4.78 is 1.73. The number of rotatable bonds is 3. The maximum absolute atomic E-state index is 11.4. The standard InChI is InChI=1S/C16H21N3OS/c1-16(2,3)12-7-5-11(6-8-12)10-21-15-18-14(20)9-13(17)19(15)4/h5-9H,10,17H2,1-4H3. The fourth-order valence-corrected chi connectivity index (χ4v) is 2.86. The Bertz CT molecular complexity index is 684. The molecule has 0 saturated heterocycles. The van der Waals surface area contributed by atoms with Crippen LogP contribution in [0, 0.1) is 0 Å². The van der Waals surface area contributed by atoms with Crippen molar-refractivity contribution in [1.82, 2.24) is 9.55 Å². The highest BCUT2D eigenvalue weighted by atomic mass is 32.2. The van der Waals surface area contributed by atoms with Gasteiger partial charge < -0.3 is 10.3 Å². The lowest BCUT2D eigenvalue weighted by Gasteiger charge is -2.19. The fraction of sp³-hybridized carbons (Fsp3) is 0.375. The molecule has 0 aliphatic rings. The molecule has 0 atom stereocenters. The third kappa shape index (κ3) is 3.88. The number of nitrogens with two attached hydrogens (primary N) is 1. The predicted molar refractivity (Wildman–Crippen MR) is 88.6 cm³/mol. The molecule has 0 aliphatic carbocycles. The maximum Gasteiger partial charge on any atom is 0.275 e. The third-order valence-corrected chi connectivity index (χ3v) is 4.44. The number of nitrogens with zero attached hydrogens (tertiary/aromatic N) is 2. The van der Waals surface area contributed by atoms with Gasteiger partial charge in [0.15, 0.2) is 5.16 Å². The molecule has 0 aliphatic heterocycles. The summed E-state index contributed by atoms with van der Waals surface area (Å²) in [6, 6.07) is 9.89. The Balaban J connectivity index is 2.12. The first-order valence-corrected chi connectivity index (χ1v) is 7.82. The summed E-state index contributed by atoms with van der Waals surface area (Å²) in [5.41, 5.74) is 8.14. The van der Waals surface area contributed by atoms with E-state index in [-0.39, 0.29) is 11.0 Å². The van der Waals surface area contributed by atoms with E-state index in [1.54, 1.807) is 4.57 Å². The number of nitrogen functional groups attached to an aromatic ring is 1. The summed E-state index contributed by atoms with van der Waals surface area (Å²) in [5.74, 6) is 1.19. The number of hydrogen-bond acceptors (Lipinski definition) is 4. The number of aromatic nitrogens is 2. The first-order valence-electron chi connectivity index (χ1n) is 6.83. The van der Waals surface area contributed by atoms with Gasteiger partial charge in [-0.25, -0.2) is 0 Å². The summed E-state index contributed by atoms with van der Waals surface area (Å²) in [4.78, 5) is 15.4. The molecule has 0 radical (unpaired) electrons. The van der Waals surface area contributed by atoms with E-state index in [4.69, 9.17) is 5.73 Å². The van der Waals surface area contributed by atoms with Crippen LogP contribution in [0.4, 0.5) is 5.82 Å². The van der Waals surface area contributed by atoms with Crippen molar-refractivity contribution in [1.29, 1.82) is 0 Å². The maximum atomic E-state index is 11.4. The van der Waals surface area contributed by atoms with Gasteiger partial charge in [0.1, 0.15) is 5.82 Å². The van der Waals surface area contributed by atoms with E-state index in [2.05, 4.69) is 50.0 Å². The Labute approximate surface area is 129 Å². The molecular formula is C16H21N3OS. The normalized spacial score (nSPS) is 11.6. The number of hydrogen-bond donors (Lipinski definition) is 1. The molecule has 1 aromatic heterocycles. The Morgan fingerprint density at radius 1 is 1.24 bits per heavy atom. The first kappa shape index (κ1) is 15.6. The Kier molecular flexibility index (Phi) is 4.42. The van der Waals surface area contributed by atoms with Gasteiger partial charge in [-0.1, -0.05) is 56.8 Å². The Morgan fingerprint density at radius 3 is 2.43 bits per heavy atom. The predicted octanol–water partition coefficient (Wildman–Crippen LogP) is 2.95. The summed E-state index contributed by atoms with van der Waals surface area (Å²) in [7, 11) is 1.81. The minimum Gasteiger partial charge on any atom is -0.385 e. The van der Waals surface area contributed by atoms with Gasteiger partial charge >= 0.3 is 0 Å². The van der Waals surface area contributed by atoms with Gasteiger partial charge in [-0.05, 0) is 16.5 Å². The molecule has 0 saturated carbocycles. The van der Waals surface area contributed by atoms with Crippen LogP contribution >= 0.6 is 11.8 Å². The summed E-state index contributed by atoms with van der Waals surface area (Å²) in [5, 5.41) is 0.639. The van der Waals surface area contributed by atoms with Crippen molar-refractivity contribution in [2.24, 2.45) is 7.05 Å². The average molecular weight is 303 g/mol. The second kappa shape index (κ2) is 5.93. The minimum atomic E-state index is -0.295. The molecule has 4 nitrogen and oxygen atoms in total. The SMILES string of the molecule is Cn1c(N)cc(=O)nc1SCc1ccc(C(C)(C)C)cc1. The lowest BCUT2D eigenvalue weighted by Crippen LogP contribution is -2.15. The van der Waals surface area contributed by atoms with Gasteiger partial charge in [-0.15, -0.1) is 0 Å². The van der Waals surface area contributed by atoms with Crippen molar-refractivity contribution in [2.45, 2.75) is 37.1 Å². The molecule has 0 amide bonds. The molecule has 2 rings (SSSR count). The molecule has 1 heterocycles. The van der Waals surface area contributed by atoms with Crippen LogP contribution in [0.5, 0.6) is 0 Å². The highest BCUT2D eigenvalue weighted by molar-refractivity contribution is 7.98. The van der Waals surface area contributed by atoms with Crippen LogP contribution in [0.2, 0.25) is 0 Å². The third-order valence-electron chi connectivity index (χ3n) is 3.34. The van der Waals surface area contributed by atoms with Gasteiger partial charge in [0.05, 0.1) is 0 Å². The van der Waals surface area contributed by atoms with E-state index in [0.717, 1.165) is 5.75 Å². The van der Waals surface area contributed by atoms with Crippen LogP contribution < -0.4 is 11.3 Å². The second-order valence-corrected chi connectivity index (χ2v) is 7.04. The van der Waals surface area contributed by atoms with E-state index >= 15 is 0 Å². The molecule has 2 aromatic rings. The van der Waals surface area contributed by atoms with Crippen LogP contribution in [0.15, 0.2) is 40.3 Å². The zero-order chi connectivity index (χ0) is 15.6. The first-order chi connectivity index (χ1) is 9.77. The Hall–Kier alpha value is -1.75. The quantitative estimate of drug-likeness (QED) is 0.699. The van der Waals surface area contributed by atoms with Crippen molar-refractivity contribution in [3.05, 3.63) is 51.8 Å². The molecule has 112 valence electrons. The van der Waals surface area contributed by atoms with Crippen LogP contribution in [-0.2, 0) is 18.2 Å². The van der Waals surface area contributed by atoms with Crippen molar-refractivity contribution in [3.63, 3.8) is 0 Å². The number of thioether (sulfide) groups is 1. The molecule has 0 unspecified atom stereocenters. The van der Waals surface area contributed by atoms with Crippen molar-refractivity contribution >= 4 is 17.6 Å². The van der Waals surface area contributed by atoms with Gasteiger partial charge in [0, 0.05) is 18.9 Å². The molecule has 0 bridgehead atoms. The van der Waals surface area contributed by atoms with Crippen LogP contribution in [0.3, 0.4) is 0 Å². The van der Waals surface area contributed by atoms with E-state index < -0.39 is 0 Å². The van der Waals surface area contributed by atoms with E-state index in [1.165, 1.54) is 29.0 Å².